The lowest BCUT2D eigenvalue weighted by molar-refractivity contribution is -0.117. The van der Waals surface area contributed by atoms with Crippen molar-refractivity contribution in [2.45, 2.75) is 38.5 Å². The van der Waals surface area contributed by atoms with Gasteiger partial charge >= 0.3 is 0 Å². The van der Waals surface area contributed by atoms with Crippen LogP contribution in [0, 0.1) is 0 Å². The predicted molar refractivity (Wildman–Crippen MR) is 96.2 cm³/mol. The number of amides is 1. The molecule has 1 fully saturated rings. The Morgan fingerprint density at radius 2 is 1.92 bits per heavy atom. The first-order valence-electron chi connectivity index (χ1n) is 8.70. The van der Waals surface area contributed by atoms with Gasteiger partial charge in [-0.25, -0.2) is 9.97 Å². The Balaban J connectivity index is 1.71. The van der Waals surface area contributed by atoms with E-state index in [2.05, 4.69) is 20.2 Å². The summed E-state index contributed by atoms with van der Waals surface area (Å²) in [6.07, 6.45) is 5.94. The van der Waals surface area contributed by atoms with Gasteiger partial charge in [-0.2, -0.15) is 0 Å². The van der Waals surface area contributed by atoms with Gasteiger partial charge in [0.1, 0.15) is 18.0 Å². The predicted octanol–water partition coefficient (Wildman–Crippen LogP) is 3.60. The molecule has 126 valence electrons. The molecule has 5 heteroatoms. The molecule has 1 aliphatic heterocycles. The lowest BCUT2D eigenvalue weighted by Crippen LogP contribution is -2.30. The standard InChI is InChI=1S/C19H24N4O/c1-2-16(15-9-5-3-6-10-15)19(24)22-17-13-18(21-14-20-17)23-11-7-4-8-12-23/h3,5-6,9-10,13-14,16H,2,4,7-8,11-12H2,1H3,(H,20,21,22,24). The highest BCUT2D eigenvalue weighted by Gasteiger charge is 2.19. The molecule has 1 amide bonds. The van der Waals surface area contributed by atoms with Crippen LogP contribution < -0.4 is 10.2 Å². The first-order chi connectivity index (χ1) is 11.8. The summed E-state index contributed by atoms with van der Waals surface area (Å²) in [7, 11) is 0. The molecule has 24 heavy (non-hydrogen) atoms. The largest absolute Gasteiger partial charge is 0.356 e. The van der Waals surface area contributed by atoms with Gasteiger partial charge in [0.25, 0.3) is 0 Å². The summed E-state index contributed by atoms with van der Waals surface area (Å²) in [6.45, 7) is 4.06. The van der Waals surface area contributed by atoms with Crippen LogP contribution in [0.15, 0.2) is 42.7 Å². The molecule has 0 spiro atoms. The molecular formula is C19H24N4O. The molecule has 2 aromatic rings. The summed E-state index contributed by atoms with van der Waals surface area (Å²) < 4.78 is 0. The van der Waals surface area contributed by atoms with Crippen molar-refractivity contribution in [2.24, 2.45) is 0 Å². The Morgan fingerprint density at radius 1 is 1.17 bits per heavy atom. The molecule has 1 saturated heterocycles. The van der Waals surface area contributed by atoms with Gasteiger partial charge in [-0.3, -0.25) is 4.79 Å². The van der Waals surface area contributed by atoms with Gasteiger partial charge in [0.2, 0.25) is 5.91 Å². The third-order valence-electron chi connectivity index (χ3n) is 4.51. The number of hydrogen-bond donors (Lipinski definition) is 1. The van der Waals surface area contributed by atoms with Crippen molar-refractivity contribution in [3.05, 3.63) is 48.3 Å². The van der Waals surface area contributed by atoms with Gasteiger partial charge in [0.15, 0.2) is 0 Å². The fourth-order valence-corrected chi connectivity index (χ4v) is 3.18. The average Bonchev–Trinajstić information content (AvgIpc) is 2.64. The summed E-state index contributed by atoms with van der Waals surface area (Å²) >= 11 is 0. The van der Waals surface area contributed by atoms with Crippen LogP contribution in [0.5, 0.6) is 0 Å². The van der Waals surface area contributed by atoms with Crippen LogP contribution in [0.1, 0.15) is 44.1 Å². The first kappa shape index (κ1) is 16.4. The van der Waals surface area contributed by atoms with Crippen LogP contribution in [0.2, 0.25) is 0 Å². The highest BCUT2D eigenvalue weighted by molar-refractivity contribution is 5.95. The van der Waals surface area contributed by atoms with Gasteiger partial charge in [0.05, 0.1) is 5.92 Å². The van der Waals surface area contributed by atoms with E-state index < -0.39 is 0 Å². The lowest BCUT2D eigenvalue weighted by Gasteiger charge is -2.27. The topological polar surface area (TPSA) is 58.1 Å². The Bertz CT molecular complexity index is 668. The van der Waals surface area contributed by atoms with E-state index in [0.717, 1.165) is 30.9 Å². The molecule has 1 aliphatic rings. The zero-order valence-electron chi connectivity index (χ0n) is 14.1. The Hall–Kier alpha value is -2.43. The van der Waals surface area contributed by atoms with Crippen LogP contribution in [-0.2, 0) is 4.79 Å². The number of benzene rings is 1. The smallest absolute Gasteiger partial charge is 0.233 e. The minimum Gasteiger partial charge on any atom is -0.356 e. The van der Waals surface area contributed by atoms with Gasteiger partial charge in [-0.15, -0.1) is 0 Å². The molecule has 3 rings (SSSR count). The number of nitrogens with one attached hydrogen (secondary N) is 1. The molecule has 0 radical (unpaired) electrons. The van der Waals surface area contributed by atoms with Gasteiger partial charge in [0, 0.05) is 19.2 Å². The van der Waals surface area contributed by atoms with E-state index in [0.29, 0.717) is 5.82 Å². The van der Waals surface area contributed by atoms with Crippen LogP contribution in [0.3, 0.4) is 0 Å². The quantitative estimate of drug-likeness (QED) is 0.913. The number of anilines is 2. The van der Waals surface area contributed by atoms with Crippen LogP contribution in [0.4, 0.5) is 11.6 Å². The van der Waals surface area contributed by atoms with Crippen LogP contribution in [-0.4, -0.2) is 29.0 Å². The number of piperidine rings is 1. The second kappa shape index (κ2) is 7.90. The highest BCUT2D eigenvalue weighted by atomic mass is 16.1. The van der Waals surface area contributed by atoms with Gasteiger partial charge in [-0.1, -0.05) is 37.3 Å². The van der Waals surface area contributed by atoms with E-state index >= 15 is 0 Å². The molecule has 0 aliphatic carbocycles. The zero-order chi connectivity index (χ0) is 16.8. The lowest BCUT2D eigenvalue weighted by atomic mass is 9.96. The molecule has 1 atom stereocenters. The molecule has 5 nitrogen and oxygen atoms in total. The normalized spacial score (nSPS) is 15.8. The van der Waals surface area contributed by atoms with Crippen molar-refractivity contribution in [1.29, 1.82) is 0 Å². The SMILES string of the molecule is CCC(C(=O)Nc1cc(N2CCCCC2)ncn1)c1ccccc1. The second-order valence-electron chi connectivity index (χ2n) is 6.17. The molecule has 1 N–H and O–H groups in total. The van der Waals surface area contributed by atoms with E-state index in [1.54, 1.807) is 0 Å². The van der Waals surface area contributed by atoms with E-state index in [4.69, 9.17) is 0 Å². The molecule has 1 unspecified atom stereocenters. The number of carbonyl (C=O) groups is 1. The van der Waals surface area contributed by atoms with Gasteiger partial charge in [-0.05, 0) is 31.2 Å². The number of rotatable bonds is 5. The second-order valence-corrected chi connectivity index (χ2v) is 6.17. The van der Waals surface area contributed by atoms with Gasteiger partial charge < -0.3 is 10.2 Å². The number of hydrogen-bond acceptors (Lipinski definition) is 4. The van der Waals surface area contributed by atoms with Crippen molar-refractivity contribution < 1.29 is 4.79 Å². The summed E-state index contributed by atoms with van der Waals surface area (Å²) in [5, 5.41) is 2.95. The molecule has 1 aromatic carbocycles. The Kier molecular flexibility index (Phi) is 5.41. The maximum atomic E-state index is 12.6. The monoisotopic (exact) mass is 324 g/mol. The molecule has 2 heterocycles. The Labute approximate surface area is 143 Å². The third-order valence-corrected chi connectivity index (χ3v) is 4.51. The summed E-state index contributed by atoms with van der Waals surface area (Å²) in [4.78, 5) is 23.5. The number of nitrogens with zero attached hydrogens (tertiary/aromatic N) is 3. The van der Waals surface area contributed by atoms with Crippen molar-refractivity contribution in [3.63, 3.8) is 0 Å². The number of carbonyl (C=O) groups excluding carboxylic acids is 1. The van der Waals surface area contributed by atoms with Crippen molar-refractivity contribution >= 4 is 17.5 Å². The summed E-state index contributed by atoms with van der Waals surface area (Å²) in [6, 6.07) is 11.7. The summed E-state index contributed by atoms with van der Waals surface area (Å²) in [5.74, 6) is 1.28. The zero-order valence-corrected chi connectivity index (χ0v) is 14.1. The maximum Gasteiger partial charge on any atom is 0.233 e. The fourth-order valence-electron chi connectivity index (χ4n) is 3.18. The van der Waals surface area contributed by atoms with E-state index in [9.17, 15) is 4.79 Å². The van der Waals surface area contributed by atoms with Crippen molar-refractivity contribution in [2.75, 3.05) is 23.3 Å². The maximum absolute atomic E-state index is 12.6. The van der Waals surface area contributed by atoms with Crippen LogP contribution >= 0.6 is 0 Å². The minimum atomic E-state index is -0.167. The van der Waals surface area contributed by atoms with E-state index in [1.165, 1.54) is 25.6 Å². The molecule has 1 aromatic heterocycles. The molecule has 0 saturated carbocycles. The number of aromatic nitrogens is 2. The Morgan fingerprint density at radius 3 is 2.62 bits per heavy atom. The fraction of sp³-hybridized carbons (Fsp3) is 0.421. The molecule has 0 bridgehead atoms. The van der Waals surface area contributed by atoms with Crippen LogP contribution in [0.25, 0.3) is 0 Å². The van der Waals surface area contributed by atoms with E-state index in [-0.39, 0.29) is 11.8 Å². The molecular weight excluding hydrogens is 300 g/mol. The third kappa shape index (κ3) is 3.91. The minimum absolute atomic E-state index is 0.0213. The van der Waals surface area contributed by atoms with Crippen molar-refractivity contribution in [1.82, 2.24) is 9.97 Å². The summed E-state index contributed by atoms with van der Waals surface area (Å²) in [5.41, 5.74) is 1.03. The first-order valence-corrected chi connectivity index (χ1v) is 8.70. The van der Waals surface area contributed by atoms with Crippen molar-refractivity contribution in [3.8, 4) is 0 Å². The highest BCUT2D eigenvalue weighted by Crippen LogP contribution is 2.23. The average molecular weight is 324 g/mol. The van der Waals surface area contributed by atoms with E-state index in [1.807, 2.05) is 43.3 Å².